The predicted molar refractivity (Wildman–Crippen MR) is 82.9 cm³/mol. The smallest absolute Gasteiger partial charge is 0.337 e. The summed E-state index contributed by atoms with van der Waals surface area (Å²) in [6, 6.07) is 9.13. The van der Waals surface area contributed by atoms with Crippen molar-refractivity contribution in [3.63, 3.8) is 0 Å². The van der Waals surface area contributed by atoms with E-state index in [-0.39, 0.29) is 11.9 Å². The molecule has 1 aromatic heterocycles. The van der Waals surface area contributed by atoms with Gasteiger partial charge in [0.1, 0.15) is 0 Å². The number of rotatable bonds is 5. The third-order valence-corrected chi connectivity index (χ3v) is 4.16. The first kappa shape index (κ1) is 15.3. The number of carbonyl (C=O) groups is 2. The topological polar surface area (TPSA) is 55.4 Å². The Bertz CT molecular complexity index is 631. The van der Waals surface area contributed by atoms with Gasteiger partial charge < -0.3 is 10.1 Å². The van der Waals surface area contributed by atoms with Crippen LogP contribution in [0, 0.1) is 6.92 Å². The molecule has 21 heavy (non-hydrogen) atoms. The fourth-order valence-electron chi connectivity index (χ4n) is 1.93. The van der Waals surface area contributed by atoms with Crippen LogP contribution in [0.25, 0.3) is 0 Å². The van der Waals surface area contributed by atoms with Crippen molar-refractivity contribution in [3.05, 3.63) is 57.3 Å². The molecule has 0 aliphatic rings. The minimum atomic E-state index is -0.344. The summed E-state index contributed by atoms with van der Waals surface area (Å²) in [5.41, 5.74) is 2.59. The number of methoxy groups -OCH3 is 1. The Morgan fingerprint density at radius 2 is 1.90 bits per heavy atom. The zero-order valence-corrected chi connectivity index (χ0v) is 12.8. The van der Waals surface area contributed by atoms with Gasteiger partial charge in [0.05, 0.1) is 17.6 Å². The number of hydrogen-bond acceptors (Lipinski definition) is 4. The van der Waals surface area contributed by atoms with Crippen LogP contribution in [-0.4, -0.2) is 25.5 Å². The first-order valence-electron chi connectivity index (χ1n) is 6.61. The number of aryl methyl sites for hydroxylation is 1. The Labute approximate surface area is 127 Å². The SMILES string of the molecule is COC(=O)c1ccc(CCNC(=O)c2sccc2C)cc1. The monoisotopic (exact) mass is 303 g/mol. The molecule has 0 aliphatic heterocycles. The molecule has 0 fully saturated rings. The maximum absolute atomic E-state index is 11.9. The highest BCUT2D eigenvalue weighted by Gasteiger charge is 2.09. The first-order valence-corrected chi connectivity index (χ1v) is 7.49. The minimum absolute atomic E-state index is 0.0336. The van der Waals surface area contributed by atoms with Crippen LogP contribution in [0.3, 0.4) is 0 Å². The van der Waals surface area contributed by atoms with E-state index in [1.54, 1.807) is 12.1 Å². The van der Waals surface area contributed by atoms with Crippen molar-refractivity contribution in [3.8, 4) is 0 Å². The Hall–Kier alpha value is -2.14. The van der Waals surface area contributed by atoms with Gasteiger partial charge in [0.25, 0.3) is 5.91 Å². The van der Waals surface area contributed by atoms with Gasteiger partial charge in [-0.05, 0) is 48.1 Å². The average Bonchev–Trinajstić information content (AvgIpc) is 2.93. The molecule has 1 amide bonds. The molecule has 2 aromatic rings. The van der Waals surface area contributed by atoms with Crippen molar-refractivity contribution in [1.82, 2.24) is 5.32 Å². The van der Waals surface area contributed by atoms with E-state index in [4.69, 9.17) is 0 Å². The van der Waals surface area contributed by atoms with E-state index in [9.17, 15) is 9.59 Å². The molecule has 4 nitrogen and oxygen atoms in total. The normalized spacial score (nSPS) is 10.2. The Morgan fingerprint density at radius 3 is 2.48 bits per heavy atom. The van der Waals surface area contributed by atoms with E-state index in [1.165, 1.54) is 18.4 Å². The van der Waals surface area contributed by atoms with Crippen molar-refractivity contribution >= 4 is 23.2 Å². The van der Waals surface area contributed by atoms with Crippen LogP contribution in [0.4, 0.5) is 0 Å². The molecule has 0 atom stereocenters. The molecule has 0 radical (unpaired) electrons. The highest BCUT2D eigenvalue weighted by Crippen LogP contribution is 2.15. The molecule has 2 rings (SSSR count). The molecular weight excluding hydrogens is 286 g/mol. The summed E-state index contributed by atoms with van der Waals surface area (Å²) in [7, 11) is 1.36. The van der Waals surface area contributed by atoms with E-state index in [0.29, 0.717) is 12.1 Å². The van der Waals surface area contributed by atoms with Crippen molar-refractivity contribution in [2.24, 2.45) is 0 Å². The van der Waals surface area contributed by atoms with E-state index >= 15 is 0 Å². The molecule has 0 saturated heterocycles. The van der Waals surface area contributed by atoms with E-state index in [1.807, 2.05) is 30.5 Å². The van der Waals surface area contributed by atoms with Crippen molar-refractivity contribution in [2.45, 2.75) is 13.3 Å². The molecular formula is C16H17NO3S. The lowest BCUT2D eigenvalue weighted by Crippen LogP contribution is -2.25. The molecule has 0 bridgehead atoms. The van der Waals surface area contributed by atoms with Crippen molar-refractivity contribution in [2.75, 3.05) is 13.7 Å². The Kier molecular flexibility index (Phi) is 5.11. The van der Waals surface area contributed by atoms with Crippen molar-refractivity contribution in [1.29, 1.82) is 0 Å². The lowest BCUT2D eigenvalue weighted by molar-refractivity contribution is 0.0600. The molecule has 5 heteroatoms. The maximum atomic E-state index is 11.9. The van der Waals surface area contributed by atoms with Gasteiger partial charge in [-0.15, -0.1) is 11.3 Å². The molecule has 0 spiro atoms. The van der Waals surface area contributed by atoms with Gasteiger partial charge in [-0.3, -0.25) is 4.79 Å². The van der Waals surface area contributed by atoms with Crippen LogP contribution in [0.5, 0.6) is 0 Å². The number of amides is 1. The first-order chi connectivity index (χ1) is 10.1. The van der Waals surface area contributed by atoms with Crippen LogP contribution in [0.2, 0.25) is 0 Å². The zero-order chi connectivity index (χ0) is 15.2. The lowest BCUT2D eigenvalue weighted by atomic mass is 10.1. The van der Waals surface area contributed by atoms with E-state index < -0.39 is 0 Å². The predicted octanol–water partition coefficient (Wildman–Crippen LogP) is 2.82. The van der Waals surface area contributed by atoms with Gasteiger partial charge in [0.2, 0.25) is 0 Å². The summed E-state index contributed by atoms with van der Waals surface area (Å²) in [5, 5.41) is 4.82. The molecule has 0 unspecified atom stereocenters. The number of benzene rings is 1. The minimum Gasteiger partial charge on any atom is -0.465 e. The number of esters is 1. The van der Waals surface area contributed by atoms with Gasteiger partial charge >= 0.3 is 5.97 Å². The Balaban J connectivity index is 1.85. The second kappa shape index (κ2) is 7.04. The summed E-state index contributed by atoms with van der Waals surface area (Å²) in [6.45, 7) is 2.49. The average molecular weight is 303 g/mol. The van der Waals surface area contributed by atoms with Gasteiger partial charge in [0, 0.05) is 6.54 Å². The molecule has 110 valence electrons. The highest BCUT2D eigenvalue weighted by atomic mass is 32.1. The summed E-state index contributed by atoms with van der Waals surface area (Å²) >= 11 is 1.45. The zero-order valence-electron chi connectivity index (χ0n) is 12.0. The number of carbonyl (C=O) groups excluding carboxylic acids is 2. The number of ether oxygens (including phenoxy) is 1. The fraction of sp³-hybridized carbons (Fsp3) is 0.250. The molecule has 1 heterocycles. The fourth-order valence-corrected chi connectivity index (χ4v) is 2.77. The van der Waals surface area contributed by atoms with Gasteiger partial charge in [-0.25, -0.2) is 4.79 Å². The quantitative estimate of drug-likeness (QED) is 0.864. The van der Waals surface area contributed by atoms with Gasteiger partial charge in [-0.2, -0.15) is 0 Å². The van der Waals surface area contributed by atoms with Crippen molar-refractivity contribution < 1.29 is 14.3 Å². The van der Waals surface area contributed by atoms with Gasteiger partial charge in [0.15, 0.2) is 0 Å². The van der Waals surface area contributed by atoms with Crippen LogP contribution >= 0.6 is 11.3 Å². The number of hydrogen-bond donors (Lipinski definition) is 1. The van der Waals surface area contributed by atoms with Crippen LogP contribution in [0.15, 0.2) is 35.7 Å². The molecule has 1 N–H and O–H groups in total. The summed E-state index contributed by atoms with van der Waals surface area (Å²) in [6.07, 6.45) is 0.720. The lowest BCUT2D eigenvalue weighted by Gasteiger charge is -2.05. The second-order valence-electron chi connectivity index (χ2n) is 4.63. The second-order valence-corrected chi connectivity index (χ2v) is 5.54. The molecule has 1 aromatic carbocycles. The van der Waals surface area contributed by atoms with Crippen LogP contribution in [0.1, 0.15) is 31.2 Å². The standard InChI is InChI=1S/C16H17NO3S/c1-11-8-10-21-14(11)15(18)17-9-7-12-3-5-13(6-4-12)16(19)20-2/h3-6,8,10H,7,9H2,1-2H3,(H,17,18). The van der Waals surface area contributed by atoms with Crippen LogP contribution in [-0.2, 0) is 11.2 Å². The summed E-state index contributed by atoms with van der Waals surface area (Å²) < 4.78 is 4.65. The third-order valence-electron chi connectivity index (χ3n) is 3.14. The highest BCUT2D eigenvalue weighted by molar-refractivity contribution is 7.12. The number of nitrogens with one attached hydrogen (secondary N) is 1. The summed E-state index contributed by atoms with van der Waals surface area (Å²) in [4.78, 5) is 24.0. The van der Waals surface area contributed by atoms with E-state index in [0.717, 1.165) is 22.4 Å². The van der Waals surface area contributed by atoms with E-state index in [2.05, 4.69) is 10.1 Å². The maximum Gasteiger partial charge on any atom is 0.337 e. The summed E-state index contributed by atoms with van der Waals surface area (Å²) in [5.74, 6) is -0.378. The number of thiophene rings is 1. The molecule has 0 saturated carbocycles. The third kappa shape index (κ3) is 3.92. The largest absolute Gasteiger partial charge is 0.465 e. The van der Waals surface area contributed by atoms with Crippen LogP contribution < -0.4 is 5.32 Å². The molecule has 0 aliphatic carbocycles. The van der Waals surface area contributed by atoms with Gasteiger partial charge in [-0.1, -0.05) is 12.1 Å². The Morgan fingerprint density at radius 1 is 1.19 bits per heavy atom.